The number of hydrogen-bond donors (Lipinski definition) is 2. The van der Waals surface area contributed by atoms with Crippen molar-refractivity contribution in [3.63, 3.8) is 0 Å². The standard InChI is InChI=1S/C13H19BrN2O/c1-16(12-3-2-6-15-8-12)9-10-7-11(14)4-5-13(10)17/h4-5,7,12,15,17H,2-3,6,8-9H2,1H3. The van der Waals surface area contributed by atoms with Crippen LogP contribution < -0.4 is 5.32 Å². The average Bonchev–Trinajstić information content (AvgIpc) is 2.35. The van der Waals surface area contributed by atoms with Crippen molar-refractivity contribution in [2.45, 2.75) is 25.4 Å². The molecule has 3 nitrogen and oxygen atoms in total. The van der Waals surface area contributed by atoms with Gasteiger partial charge in [0, 0.05) is 29.2 Å². The van der Waals surface area contributed by atoms with Crippen molar-refractivity contribution in [2.24, 2.45) is 0 Å². The van der Waals surface area contributed by atoms with Gasteiger partial charge in [0.1, 0.15) is 5.75 Å². The fourth-order valence-electron chi connectivity index (χ4n) is 2.29. The Morgan fingerprint density at radius 1 is 1.53 bits per heavy atom. The highest BCUT2D eigenvalue weighted by molar-refractivity contribution is 9.10. The van der Waals surface area contributed by atoms with Crippen LogP contribution in [0.5, 0.6) is 5.75 Å². The predicted octanol–water partition coefficient (Wildman–Crippen LogP) is 2.34. The molecule has 4 heteroatoms. The second-order valence-electron chi connectivity index (χ2n) is 4.69. The third kappa shape index (κ3) is 3.44. The van der Waals surface area contributed by atoms with Crippen molar-refractivity contribution < 1.29 is 5.11 Å². The van der Waals surface area contributed by atoms with Crippen LogP contribution in [0.25, 0.3) is 0 Å². The van der Waals surface area contributed by atoms with E-state index in [1.807, 2.05) is 12.1 Å². The Kier molecular flexibility index (Phi) is 4.42. The minimum atomic E-state index is 0.379. The quantitative estimate of drug-likeness (QED) is 0.899. The van der Waals surface area contributed by atoms with Gasteiger partial charge in [-0.05, 0) is 44.6 Å². The first kappa shape index (κ1) is 12.9. The molecule has 1 aliphatic rings. The minimum absolute atomic E-state index is 0.379. The number of nitrogens with one attached hydrogen (secondary N) is 1. The molecule has 0 aromatic heterocycles. The lowest BCUT2D eigenvalue weighted by Gasteiger charge is -2.31. The van der Waals surface area contributed by atoms with E-state index in [2.05, 4.69) is 33.2 Å². The van der Waals surface area contributed by atoms with Crippen LogP contribution >= 0.6 is 15.9 Å². The van der Waals surface area contributed by atoms with E-state index in [-0.39, 0.29) is 0 Å². The van der Waals surface area contributed by atoms with Gasteiger partial charge in [-0.1, -0.05) is 15.9 Å². The van der Waals surface area contributed by atoms with Gasteiger partial charge in [0.25, 0.3) is 0 Å². The molecule has 0 aliphatic carbocycles. The van der Waals surface area contributed by atoms with Gasteiger partial charge in [0.15, 0.2) is 0 Å². The molecular weight excluding hydrogens is 280 g/mol. The molecule has 1 fully saturated rings. The molecule has 2 rings (SSSR count). The molecule has 1 unspecified atom stereocenters. The number of benzene rings is 1. The molecule has 17 heavy (non-hydrogen) atoms. The van der Waals surface area contributed by atoms with Gasteiger partial charge in [0.05, 0.1) is 0 Å². The summed E-state index contributed by atoms with van der Waals surface area (Å²) in [5, 5.41) is 13.2. The molecule has 2 N–H and O–H groups in total. The van der Waals surface area contributed by atoms with Gasteiger partial charge in [-0.3, -0.25) is 4.90 Å². The van der Waals surface area contributed by atoms with Crippen molar-refractivity contribution in [3.05, 3.63) is 28.2 Å². The Balaban J connectivity index is 2.01. The van der Waals surface area contributed by atoms with Crippen molar-refractivity contribution in [2.75, 3.05) is 20.1 Å². The molecule has 0 bridgehead atoms. The summed E-state index contributed by atoms with van der Waals surface area (Å²) in [4.78, 5) is 2.31. The van der Waals surface area contributed by atoms with Crippen LogP contribution in [0.2, 0.25) is 0 Å². The second-order valence-corrected chi connectivity index (χ2v) is 5.60. The number of rotatable bonds is 3. The van der Waals surface area contributed by atoms with Gasteiger partial charge in [-0.2, -0.15) is 0 Å². The number of halogens is 1. The number of likely N-dealkylation sites (N-methyl/N-ethyl adjacent to an activating group) is 1. The lowest BCUT2D eigenvalue weighted by Crippen LogP contribution is -2.43. The zero-order valence-corrected chi connectivity index (χ0v) is 11.7. The van der Waals surface area contributed by atoms with Crippen LogP contribution in [0.4, 0.5) is 0 Å². The van der Waals surface area contributed by atoms with Crippen LogP contribution in [0.3, 0.4) is 0 Å². The van der Waals surface area contributed by atoms with Crippen LogP contribution in [-0.4, -0.2) is 36.2 Å². The molecule has 0 saturated carbocycles. The Morgan fingerprint density at radius 3 is 3.06 bits per heavy atom. The summed E-state index contributed by atoms with van der Waals surface area (Å²) >= 11 is 3.44. The minimum Gasteiger partial charge on any atom is -0.508 e. The van der Waals surface area contributed by atoms with Crippen molar-refractivity contribution in [3.8, 4) is 5.75 Å². The lowest BCUT2D eigenvalue weighted by molar-refractivity contribution is 0.194. The first-order chi connectivity index (χ1) is 8.16. The van der Waals surface area contributed by atoms with Crippen LogP contribution in [0.15, 0.2) is 22.7 Å². The molecule has 1 aromatic rings. The van der Waals surface area contributed by atoms with Gasteiger partial charge in [0.2, 0.25) is 0 Å². The van der Waals surface area contributed by atoms with Crippen molar-refractivity contribution in [1.29, 1.82) is 0 Å². The largest absolute Gasteiger partial charge is 0.508 e. The van der Waals surface area contributed by atoms with Gasteiger partial charge in [-0.15, -0.1) is 0 Å². The monoisotopic (exact) mass is 298 g/mol. The average molecular weight is 299 g/mol. The Morgan fingerprint density at radius 2 is 2.35 bits per heavy atom. The van der Waals surface area contributed by atoms with E-state index < -0.39 is 0 Å². The highest BCUT2D eigenvalue weighted by atomic mass is 79.9. The number of nitrogens with zero attached hydrogens (tertiary/aromatic N) is 1. The van der Waals surface area contributed by atoms with E-state index in [4.69, 9.17) is 0 Å². The molecule has 1 aliphatic heterocycles. The normalized spacial score (nSPS) is 20.8. The van der Waals surface area contributed by atoms with E-state index in [9.17, 15) is 5.11 Å². The first-order valence-corrected chi connectivity index (χ1v) is 6.84. The van der Waals surface area contributed by atoms with Gasteiger partial charge in [-0.25, -0.2) is 0 Å². The maximum atomic E-state index is 9.82. The van der Waals surface area contributed by atoms with E-state index in [1.54, 1.807) is 6.07 Å². The van der Waals surface area contributed by atoms with E-state index in [1.165, 1.54) is 12.8 Å². The Labute approximate surface area is 111 Å². The predicted molar refractivity (Wildman–Crippen MR) is 73.2 cm³/mol. The van der Waals surface area contributed by atoms with Gasteiger partial charge < -0.3 is 10.4 Å². The summed E-state index contributed by atoms with van der Waals surface area (Å²) in [6, 6.07) is 6.16. The molecular formula is C13H19BrN2O. The van der Waals surface area contributed by atoms with E-state index in [0.29, 0.717) is 11.8 Å². The number of aromatic hydroxyl groups is 1. The summed E-state index contributed by atoms with van der Waals surface area (Å²) in [5.74, 6) is 0.379. The zero-order chi connectivity index (χ0) is 12.3. The SMILES string of the molecule is CN(Cc1cc(Br)ccc1O)C1CCCNC1. The maximum Gasteiger partial charge on any atom is 0.120 e. The number of phenolic OH excluding ortho intramolecular Hbond substituents is 1. The summed E-state index contributed by atoms with van der Waals surface area (Å²) in [7, 11) is 2.12. The smallest absolute Gasteiger partial charge is 0.120 e. The zero-order valence-electron chi connectivity index (χ0n) is 10.1. The highest BCUT2D eigenvalue weighted by Gasteiger charge is 2.18. The molecule has 0 amide bonds. The fraction of sp³-hybridized carbons (Fsp3) is 0.538. The topological polar surface area (TPSA) is 35.5 Å². The lowest BCUT2D eigenvalue weighted by atomic mass is 10.1. The summed E-state index contributed by atoms with van der Waals surface area (Å²) in [5.41, 5.74) is 0.979. The maximum absolute atomic E-state index is 9.82. The van der Waals surface area contributed by atoms with E-state index in [0.717, 1.165) is 29.7 Å². The molecule has 1 atom stereocenters. The fourth-order valence-corrected chi connectivity index (χ4v) is 2.70. The van der Waals surface area contributed by atoms with E-state index >= 15 is 0 Å². The summed E-state index contributed by atoms with van der Waals surface area (Å²) in [6.07, 6.45) is 2.47. The van der Waals surface area contributed by atoms with Crippen molar-refractivity contribution >= 4 is 15.9 Å². The number of phenols is 1. The third-order valence-corrected chi connectivity index (χ3v) is 3.85. The highest BCUT2D eigenvalue weighted by Crippen LogP contribution is 2.24. The number of piperidine rings is 1. The summed E-state index contributed by atoms with van der Waals surface area (Å²) in [6.45, 7) is 2.97. The first-order valence-electron chi connectivity index (χ1n) is 6.05. The molecule has 94 valence electrons. The Hall–Kier alpha value is -0.580. The molecule has 0 radical (unpaired) electrons. The van der Waals surface area contributed by atoms with Crippen molar-refractivity contribution in [1.82, 2.24) is 10.2 Å². The van der Waals surface area contributed by atoms with Gasteiger partial charge >= 0.3 is 0 Å². The molecule has 1 aromatic carbocycles. The molecule has 1 saturated heterocycles. The third-order valence-electron chi connectivity index (χ3n) is 3.36. The second kappa shape index (κ2) is 5.85. The van der Waals surface area contributed by atoms with Crippen LogP contribution in [-0.2, 0) is 6.54 Å². The van der Waals surface area contributed by atoms with Crippen LogP contribution in [0.1, 0.15) is 18.4 Å². The Bertz CT molecular complexity index is 378. The molecule has 0 spiro atoms. The number of hydrogen-bond acceptors (Lipinski definition) is 3. The summed E-state index contributed by atoms with van der Waals surface area (Å²) < 4.78 is 1.01. The molecule has 1 heterocycles. The van der Waals surface area contributed by atoms with Crippen LogP contribution in [0, 0.1) is 0 Å².